The van der Waals surface area contributed by atoms with E-state index in [2.05, 4.69) is 51.7 Å². The average Bonchev–Trinajstić information content (AvgIpc) is 3.28. The number of carboxylic acid groups (broad SMARTS) is 1. The van der Waals surface area contributed by atoms with Gasteiger partial charge in [0.1, 0.15) is 0 Å². The smallest absolute Gasteiger partial charge is 0.475 e. The first-order valence-corrected chi connectivity index (χ1v) is 12.7. The first-order chi connectivity index (χ1) is 19.5. The van der Waals surface area contributed by atoms with Crippen LogP contribution in [-0.4, -0.2) is 44.0 Å². The Morgan fingerprint density at radius 1 is 1.00 bits per heavy atom. The number of H-pyrrole nitrogens is 2. The molecule has 3 heterocycles. The largest absolute Gasteiger partial charge is 0.490 e. The standard InChI is InChI=1S/C28H27N5O.C2HF3O2/c1-18-23(19(2)33-32-18)12-14-29-17-20-8-10-22(11-9-20)27-24(21-6-4-3-5-7-21)16-25-26(31-27)13-15-30-28(25)34;3-2(4,5)1(6)7/h3-11,13,15-16,29H,12,14,17H2,1-2H3,(H,30,34)(H,32,33);(H,6,7). The van der Waals surface area contributed by atoms with Crippen LogP contribution in [-0.2, 0) is 17.8 Å². The van der Waals surface area contributed by atoms with Crippen LogP contribution in [0.3, 0.4) is 0 Å². The molecule has 2 aromatic carbocycles. The zero-order valence-electron chi connectivity index (χ0n) is 22.3. The van der Waals surface area contributed by atoms with E-state index in [4.69, 9.17) is 14.9 Å². The summed E-state index contributed by atoms with van der Waals surface area (Å²) < 4.78 is 31.7. The summed E-state index contributed by atoms with van der Waals surface area (Å²) in [5, 5.41) is 18.6. The number of benzene rings is 2. The lowest BCUT2D eigenvalue weighted by molar-refractivity contribution is -0.192. The highest BCUT2D eigenvalue weighted by molar-refractivity contribution is 5.91. The molecule has 0 amide bonds. The fourth-order valence-corrected chi connectivity index (χ4v) is 4.34. The number of nitrogens with one attached hydrogen (secondary N) is 3. The van der Waals surface area contributed by atoms with Gasteiger partial charge in [0.15, 0.2) is 0 Å². The highest BCUT2D eigenvalue weighted by Gasteiger charge is 2.38. The van der Waals surface area contributed by atoms with Gasteiger partial charge in [0.25, 0.3) is 5.56 Å². The van der Waals surface area contributed by atoms with Crippen LogP contribution in [0.15, 0.2) is 77.7 Å². The maximum Gasteiger partial charge on any atom is 0.490 e. The molecule has 11 heteroatoms. The number of aryl methyl sites for hydroxylation is 2. The van der Waals surface area contributed by atoms with Gasteiger partial charge < -0.3 is 15.4 Å². The van der Waals surface area contributed by atoms with Gasteiger partial charge in [-0.25, -0.2) is 9.78 Å². The van der Waals surface area contributed by atoms with Crippen LogP contribution in [0, 0.1) is 13.8 Å². The lowest BCUT2D eigenvalue weighted by Crippen LogP contribution is -2.21. The molecule has 0 fully saturated rings. The molecule has 212 valence electrons. The minimum atomic E-state index is -5.08. The molecule has 0 aliphatic carbocycles. The second kappa shape index (κ2) is 12.6. The van der Waals surface area contributed by atoms with Gasteiger partial charge in [-0.05, 0) is 55.6 Å². The third-order valence-electron chi connectivity index (χ3n) is 6.47. The van der Waals surface area contributed by atoms with Crippen LogP contribution in [0.1, 0.15) is 22.5 Å². The van der Waals surface area contributed by atoms with Crippen LogP contribution in [0.25, 0.3) is 33.3 Å². The van der Waals surface area contributed by atoms with E-state index in [-0.39, 0.29) is 5.56 Å². The van der Waals surface area contributed by atoms with Gasteiger partial charge in [-0.15, -0.1) is 0 Å². The number of hydrogen-bond acceptors (Lipinski definition) is 5. The Balaban J connectivity index is 0.000000493. The number of carbonyl (C=O) groups is 1. The Kier molecular flexibility index (Phi) is 8.98. The number of alkyl halides is 3. The van der Waals surface area contributed by atoms with Crippen LogP contribution >= 0.6 is 0 Å². The van der Waals surface area contributed by atoms with Gasteiger partial charge in [-0.3, -0.25) is 9.89 Å². The van der Waals surface area contributed by atoms with E-state index in [1.54, 1.807) is 6.20 Å². The third kappa shape index (κ3) is 7.25. The summed E-state index contributed by atoms with van der Waals surface area (Å²) in [5.74, 6) is -2.76. The van der Waals surface area contributed by atoms with E-state index in [0.717, 1.165) is 53.3 Å². The molecule has 0 radical (unpaired) electrons. The molecule has 0 spiro atoms. The van der Waals surface area contributed by atoms with Crippen LogP contribution in [0.4, 0.5) is 13.2 Å². The van der Waals surface area contributed by atoms with Crippen molar-refractivity contribution in [2.75, 3.05) is 6.54 Å². The maximum absolute atomic E-state index is 12.4. The first kappa shape index (κ1) is 29.2. The molecule has 3 aromatic heterocycles. The Morgan fingerprint density at radius 2 is 1.68 bits per heavy atom. The predicted molar refractivity (Wildman–Crippen MR) is 150 cm³/mol. The van der Waals surface area contributed by atoms with Crippen molar-refractivity contribution in [1.29, 1.82) is 0 Å². The van der Waals surface area contributed by atoms with E-state index in [9.17, 15) is 18.0 Å². The minimum absolute atomic E-state index is 0.129. The van der Waals surface area contributed by atoms with E-state index in [1.165, 1.54) is 11.1 Å². The number of nitrogens with zero attached hydrogens (tertiary/aromatic N) is 2. The molecule has 41 heavy (non-hydrogen) atoms. The molecule has 5 aromatic rings. The zero-order chi connectivity index (χ0) is 29.6. The summed E-state index contributed by atoms with van der Waals surface area (Å²) in [4.78, 5) is 28.9. The summed E-state index contributed by atoms with van der Waals surface area (Å²) in [6.07, 6.45) is -2.49. The Bertz CT molecular complexity index is 1680. The number of aromatic amines is 2. The minimum Gasteiger partial charge on any atom is -0.475 e. The van der Waals surface area contributed by atoms with Crippen molar-refractivity contribution >= 4 is 16.9 Å². The second-order valence-electron chi connectivity index (χ2n) is 9.33. The van der Waals surface area contributed by atoms with Crippen molar-refractivity contribution in [2.24, 2.45) is 0 Å². The summed E-state index contributed by atoms with van der Waals surface area (Å²) in [6, 6.07) is 22.4. The van der Waals surface area contributed by atoms with Gasteiger partial charge in [0.2, 0.25) is 0 Å². The highest BCUT2D eigenvalue weighted by Crippen LogP contribution is 2.32. The topological polar surface area (TPSA) is 124 Å². The number of pyridine rings is 2. The van der Waals surface area contributed by atoms with Gasteiger partial charge in [0.05, 0.1) is 22.3 Å². The molecule has 0 aliphatic rings. The number of aromatic nitrogens is 4. The Hall–Kier alpha value is -4.77. The van der Waals surface area contributed by atoms with Gasteiger partial charge in [0, 0.05) is 29.6 Å². The quantitative estimate of drug-likeness (QED) is 0.192. The molecule has 0 saturated heterocycles. The molecule has 5 rings (SSSR count). The van der Waals surface area contributed by atoms with E-state index >= 15 is 0 Å². The molecule has 0 bridgehead atoms. The average molecular weight is 564 g/mol. The second-order valence-corrected chi connectivity index (χ2v) is 9.33. The SMILES string of the molecule is Cc1n[nH]c(C)c1CCNCc1ccc(-c2nc3cc[nH]c(=O)c3cc2-c2ccccc2)cc1.O=C(O)C(F)(F)F. The van der Waals surface area contributed by atoms with Crippen LogP contribution in [0.5, 0.6) is 0 Å². The van der Waals surface area contributed by atoms with E-state index < -0.39 is 12.1 Å². The summed E-state index contributed by atoms with van der Waals surface area (Å²) in [5.41, 5.74) is 9.15. The monoisotopic (exact) mass is 563 g/mol. The van der Waals surface area contributed by atoms with E-state index in [0.29, 0.717) is 10.9 Å². The number of hydrogen-bond donors (Lipinski definition) is 4. The highest BCUT2D eigenvalue weighted by atomic mass is 19.4. The number of fused-ring (bicyclic) bond motifs is 1. The molecular formula is C30H28F3N5O3. The number of halogens is 3. The summed E-state index contributed by atoms with van der Waals surface area (Å²) >= 11 is 0. The van der Waals surface area contributed by atoms with E-state index in [1.807, 2.05) is 49.4 Å². The fourth-order valence-electron chi connectivity index (χ4n) is 4.34. The molecule has 8 nitrogen and oxygen atoms in total. The molecule has 0 unspecified atom stereocenters. The lowest BCUT2D eigenvalue weighted by atomic mass is 9.97. The fraction of sp³-hybridized carbons (Fsp3) is 0.200. The van der Waals surface area contributed by atoms with Crippen molar-refractivity contribution in [3.63, 3.8) is 0 Å². The molecular weight excluding hydrogens is 535 g/mol. The lowest BCUT2D eigenvalue weighted by Gasteiger charge is -2.12. The third-order valence-corrected chi connectivity index (χ3v) is 6.47. The maximum atomic E-state index is 12.4. The van der Waals surface area contributed by atoms with Gasteiger partial charge >= 0.3 is 12.1 Å². The molecule has 0 aliphatic heterocycles. The Morgan fingerprint density at radius 3 is 2.29 bits per heavy atom. The predicted octanol–water partition coefficient (Wildman–Crippen LogP) is 5.56. The first-order valence-electron chi connectivity index (χ1n) is 12.7. The Labute approximate surface area is 233 Å². The normalized spacial score (nSPS) is 11.2. The summed E-state index contributed by atoms with van der Waals surface area (Å²) in [6.45, 7) is 5.79. The molecule has 4 N–H and O–H groups in total. The number of rotatable bonds is 7. The van der Waals surface area contributed by atoms with Gasteiger partial charge in [-0.2, -0.15) is 18.3 Å². The summed E-state index contributed by atoms with van der Waals surface area (Å²) in [7, 11) is 0. The van der Waals surface area contributed by atoms with Crippen molar-refractivity contribution in [3.8, 4) is 22.4 Å². The van der Waals surface area contributed by atoms with Crippen molar-refractivity contribution in [1.82, 2.24) is 25.5 Å². The van der Waals surface area contributed by atoms with Crippen molar-refractivity contribution < 1.29 is 23.1 Å². The van der Waals surface area contributed by atoms with Crippen LogP contribution < -0.4 is 10.9 Å². The zero-order valence-corrected chi connectivity index (χ0v) is 22.3. The molecule has 0 atom stereocenters. The number of carboxylic acids is 1. The van der Waals surface area contributed by atoms with Crippen molar-refractivity contribution in [2.45, 2.75) is 33.0 Å². The van der Waals surface area contributed by atoms with Crippen molar-refractivity contribution in [3.05, 3.63) is 106 Å². The van der Waals surface area contributed by atoms with Gasteiger partial charge in [-0.1, -0.05) is 54.6 Å². The molecule has 0 saturated carbocycles. The number of aliphatic carboxylic acids is 1. The van der Waals surface area contributed by atoms with Crippen LogP contribution in [0.2, 0.25) is 0 Å².